The Kier molecular flexibility index (Phi) is 7.05. The number of carbonyl (C=O) groups excluding carboxylic acids is 1. The van der Waals surface area contributed by atoms with E-state index in [2.05, 4.69) is 29.9 Å². The van der Waals surface area contributed by atoms with Crippen molar-refractivity contribution < 1.29 is 9.53 Å². The predicted octanol–water partition coefficient (Wildman–Crippen LogP) is 5.04. The van der Waals surface area contributed by atoms with Crippen molar-refractivity contribution in [1.29, 1.82) is 0 Å². The summed E-state index contributed by atoms with van der Waals surface area (Å²) in [5.41, 5.74) is 5.30. The van der Waals surface area contributed by atoms with Gasteiger partial charge in [-0.2, -0.15) is 0 Å². The number of aromatic nitrogens is 3. The Bertz CT molecular complexity index is 831. The number of rotatable bonds is 8. The Morgan fingerprint density at radius 3 is 2.57 bits per heavy atom. The van der Waals surface area contributed by atoms with Gasteiger partial charge in [0.05, 0.1) is 18.1 Å². The van der Waals surface area contributed by atoms with Crippen LogP contribution in [0, 0.1) is 27.7 Å². The molecule has 1 aliphatic rings. The number of methoxy groups -OCH3 is 1. The summed E-state index contributed by atoms with van der Waals surface area (Å²) in [6.45, 7) is 9.73. The van der Waals surface area contributed by atoms with Crippen molar-refractivity contribution in [3.63, 3.8) is 0 Å². The molecule has 0 unspecified atom stereocenters. The molecule has 28 heavy (non-hydrogen) atoms. The van der Waals surface area contributed by atoms with E-state index in [0.29, 0.717) is 18.4 Å². The molecule has 0 saturated heterocycles. The van der Waals surface area contributed by atoms with Crippen LogP contribution in [0.5, 0.6) is 0 Å². The van der Waals surface area contributed by atoms with Crippen LogP contribution in [0.1, 0.15) is 71.3 Å². The van der Waals surface area contributed by atoms with E-state index >= 15 is 0 Å². The third-order valence-electron chi connectivity index (χ3n) is 6.02. The highest BCUT2D eigenvalue weighted by Gasteiger charge is 2.23. The molecule has 0 amide bonds. The maximum absolute atomic E-state index is 13.0. The molecule has 5 nitrogen and oxygen atoms in total. The van der Waals surface area contributed by atoms with Crippen molar-refractivity contribution in [1.82, 2.24) is 14.1 Å². The van der Waals surface area contributed by atoms with Gasteiger partial charge >= 0.3 is 0 Å². The Morgan fingerprint density at radius 2 is 1.89 bits per heavy atom. The van der Waals surface area contributed by atoms with E-state index in [9.17, 15) is 4.79 Å². The zero-order chi connectivity index (χ0) is 20.3. The minimum absolute atomic E-state index is 0.176. The van der Waals surface area contributed by atoms with E-state index in [4.69, 9.17) is 9.72 Å². The van der Waals surface area contributed by atoms with Crippen molar-refractivity contribution in [3.05, 3.63) is 34.4 Å². The number of hydrogen-bond donors (Lipinski definition) is 0. The number of ether oxygens (including phenoxy) is 1. The maximum atomic E-state index is 13.0. The number of carbonyl (C=O) groups is 1. The van der Waals surface area contributed by atoms with Gasteiger partial charge in [0.15, 0.2) is 10.9 Å². The third-order valence-corrected chi connectivity index (χ3v) is 6.97. The van der Waals surface area contributed by atoms with Crippen LogP contribution in [0.2, 0.25) is 0 Å². The topological polar surface area (TPSA) is 49.1 Å². The van der Waals surface area contributed by atoms with Gasteiger partial charge in [-0.25, -0.2) is 4.98 Å². The fourth-order valence-corrected chi connectivity index (χ4v) is 5.33. The summed E-state index contributed by atoms with van der Waals surface area (Å²) < 4.78 is 9.76. The van der Waals surface area contributed by atoms with Gasteiger partial charge in [0.25, 0.3) is 0 Å². The highest BCUT2D eigenvalue weighted by Crippen LogP contribution is 2.34. The van der Waals surface area contributed by atoms with E-state index in [1.54, 1.807) is 18.9 Å². The average Bonchev–Trinajstić information content (AvgIpc) is 3.14. The molecule has 1 fully saturated rings. The zero-order valence-electron chi connectivity index (χ0n) is 17.9. The number of imidazole rings is 1. The van der Waals surface area contributed by atoms with Gasteiger partial charge in [0.2, 0.25) is 0 Å². The van der Waals surface area contributed by atoms with Crippen LogP contribution in [0.3, 0.4) is 0 Å². The SMILES string of the molecule is COCCn1c(C)cc(C(=O)CSc2nc(C)c(C)n2C2CCCCC2)c1C. The molecule has 1 saturated carbocycles. The molecule has 6 heteroatoms. The lowest BCUT2D eigenvalue weighted by atomic mass is 9.95. The summed E-state index contributed by atoms with van der Waals surface area (Å²) in [6.07, 6.45) is 6.36. The molecule has 0 aromatic carbocycles. The number of ketones is 1. The van der Waals surface area contributed by atoms with Crippen molar-refractivity contribution in [2.24, 2.45) is 0 Å². The number of thioether (sulfide) groups is 1. The second-order valence-electron chi connectivity index (χ2n) is 7.87. The van der Waals surface area contributed by atoms with E-state index in [-0.39, 0.29) is 5.78 Å². The van der Waals surface area contributed by atoms with Gasteiger partial charge in [-0.3, -0.25) is 4.79 Å². The van der Waals surface area contributed by atoms with Gasteiger partial charge in [-0.1, -0.05) is 31.0 Å². The van der Waals surface area contributed by atoms with Gasteiger partial charge < -0.3 is 13.9 Å². The summed E-state index contributed by atoms with van der Waals surface area (Å²) in [4.78, 5) is 17.7. The molecule has 0 spiro atoms. The average molecular weight is 404 g/mol. The van der Waals surface area contributed by atoms with Crippen LogP contribution >= 0.6 is 11.8 Å². The molecular formula is C22H33N3O2S. The fourth-order valence-electron chi connectivity index (χ4n) is 4.29. The van der Waals surface area contributed by atoms with Gasteiger partial charge in [-0.15, -0.1) is 0 Å². The van der Waals surface area contributed by atoms with E-state index in [1.165, 1.54) is 37.8 Å². The molecule has 2 aromatic heterocycles. The summed E-state index contributed by atoms with van der Waals surface area (Å²) in [5, 5.41) is 1.00. The lowest BCUT2D eigenvalue weighted by molar-refractivity contribution is 0.102. The highest BCUT2D eigenvalue weighted by molar-refractivity contribution is 7.99. The van der Waals surface area contributed by atoms with Gasteiger partial charge in [0.1, 0.15) is 0 Å². The first-order valence-corrected chi connectivity index (χ1v) is 11.3. The van der Waals surface area contributed by atoms with Crippen LogP contribution in [0.15, 0.2) is 11.2 Å². The first-order chi connectivity index (χ1) is 13.4. The fraction of sp³-hybridized carbons (Fsp3) is 0.636. The minimum atomic E-state index is 0.176. The first-order valence-electron chi connectivity index (χ1n) is 10.3. The Labute approximate surface area is 172 Å². The maximum Gasteiger partial charge on any atom is 0.175 e. The smallest absolute Gasteiger partial charge is 0.175 e. The molecule has 154 valence electrons. The second-order valence-corrected chi connectivity index (χ2v) is 8.81. The molecule has 2 aromatic rings. The molecule has 0 bridgehead atoms. The van der Waals surface area contributed by atoms with Crippen LogP contribution < -0.4 is 0 Å². The monoisotopic (exact) mass is 403 g/mol. The molecular weight excluding hydrogens is 370 g/mol. The zero-order valence-corrected chi connectivity index (χ0v) is 18.7. The van der Waals surface area contributed by atoms with Gasteiger partial charge in [0, 0.05) is 42.3 Å². The summed E-state index contributed by atoms with van der Waals surface area (Å²) in [5.74, 6) is 0.604. The first kappa shape index (κ1) is 21.2. The molecule has 0 radical (unpaired) electrons. The molecule has 0 atom stereocenters. The Morgan fingerprint density at radius 1 is 1.18 bits per heavy atom. The third kappa shape index (κ3) is 4.38. The van der Waals surface area contributed by atoms with Crippen molar-refractivity contribution in [2.75, 3.05) is 19.5 Å². The van der Waals surface area contributed by atoms with Crippen molar-refractivity contribution in [2.45, 2.75) is 77.5 Å². The van der Waals surface area contributed by atoms with Crippen LogP contribution in [0.25, 0.3) is 0 Å². The standard InChI is InChI=1S/C22H33N3O2S/c1-15-13-20(18(4)24(15)11-12-27-5)21(26)14-28-22-23-16(2)17(3)25(22)19-9-7-6-8-10-19/h13,19H,6-12,14H2,1-5H3. The normalized spacial score (nSPS) is 15.3. The molecule has 0 aliphatic heterocycles. The second kappa shape index (κ2) is 9.31. The summed E-state index contributed by atoms with van der Waals surface area (Å²) >= 11 is 1.59. The van der Waals surface area contributed by atoms with Crippen molar-refractivity contribution in [3.8, 4) is 0 Å². The molecule has 1 aliphatic carbocycles. The van der Waals surface area contributed by atoms with Crippen LogP contribution in [-0.4, -0.2) is 39.4 Å². The van der Waals surface area contributed by atoms with Crippen LogP contribution in [-0.2, 0) is 11.3 Å². The summed E-state index contributed by atoms with van der Waals surface area (Å²) in [7, 11) is 1.70. The number of nitrogens with zero attached hydrogens (tertiary/aromatic N) is 3. The number of hydrogen-bond acceptors (Lipinski definition) is 4. The van der Waals surface area contributed by atoms with E-state index < -0.39 is 0 Å². The Balaban J connectivity index is 1.74. The number of aryl methyl sites for hydroxylation is 2. The molecule has 2 heterocycles. The molecule has 0 N–H and O–H groups in total. The van der Waals surface area contributed by atoms with Crippen molar-refractivity contribution >= 4 is 17.5 Å². The largest absolute Gasteiger partial charge is 0.383 e. The van der Waals surface area contributed by atoms with Crippen LogP contribution in [0.4, 0.5) is 0 Å². The van der Waals surface area contributed by atoms with E-state index in [1.807, 2.05) is 13.0 Å². The lowest BCUT2D eigenvalue weighted by Crippen LogP contribution is -2.16. The predicted molar refractivity (Wildman–Crippen MR) is 115 cm³/mol. The highest BCUT2D eigenvalue weighted by atomic mass is 32.2. The lowest BCUT2D eigenvalue weighted by Gasteiger charge is -2.26. The quantitative estimate of drug-likeness (QED) is 0.457. The minimum Gasteiger partial charge on any atom is -0.383 e. The van der Waals surface area contributed by atoms with Gasteiger partial charge in [-0.05, 0) is 46.6 Å². The molecule has 3 rings (SSSR count). The summed E-state index contributed by atoms with van der Waals surface area (Å²) in [6, 6.07) is 2.55. The Hall–Kier alpha value is -1.53. The van der Waals surface area contributed by atoms with E-state index in [0.717, 1.165) is 34.3 Å². The number of Topliss-reactive ketones (excluding diaryl/α,β-unsaturated/α-hetero) is 1.